The van der Waals surface area contributed by atoms with Crippen molar-refractivity contribution in [3.63, 3.8) is 0 Å². The number of amides is 1. The highest BCUT2D eigenvalue weighted by molar-refractivity contribution is 9.10. The van der Waals surface area contributed by atoms with Crippen molar-refractivity contribution >= 4 is 33.7 Å². The summed E-state index contributed by atoms with van der Waals surface area (Å²) in [7, 11) is 0. The van der Waals surface area contributed by atoms with Crippen LogP contribution in [0.4, 0.5) is 10.5 Å². The largest absolute Gasteiger partial charge is 0.480 e. The van der Waals surface area contributed by atoms with Crippen LogP contribution in [0.5, 0.6) is 0 Å². The van der Waals surface area contributed by atoms with E-state index < -0.39 is 24.2 Å². The van der Waals surface area contributed by atoms with Crippen LogP contribution in [0.2, 0.25) is 0 Å². The monoisotopic (exact) mass is 354 g/mol. The Morgan fingerprint density at radius 3 is 2.52 bits per heavy atom. The molecule has 0 atom stereocenters. The zero-order valence-corrected chi connectivity index (χ0v) is 13.5. The molecule has 112 valence electrons. The molecule has 0 heterocycles. The van der Waals surface area contributed by atoms with Gasteiger partial charge in [-0.05, 0) is 39.0 Å². The van der Waals surface area contributed by atoms with Crippen molar-refractivity contribution < 1.29 is 19.4 Å². The number of nitriles is 1. The quantitative estimate of drug-likeness (QED) is 0.900. The number of anilines is 1. The van der Waals surface area contributed by atoms with Crippen LogP contribution in [0.1, 0.15) is 26.3 Å². The molecule has 0 saturated heterocycles. The lowest BCUT2D eigenvalue weighted by Gasteiger charge is -2.27. The number of carbonyl (C=O) groups is 2. The van der Waals surface area contributed by atoms with Gasteiger partial charge in [-0.3, -0.25) is 9.69 Å². The van der Waals surface area contributed by atoms with Crippen molar-refractivity contribution in [3.8, 4) is 6.07 Å². The van der Waals surface area contributed by atoms with Crippen LogP contribution < -0.4 is 4.90 Å². The molecule has 7 heteroatoms. The maximum Gasteiger partial charge on any atom is 0.415 e. The fraction of sp³-hybridized carbons (Fsp3) is 0.357. The number of hydrogen-bond acceptors (Lipinski definition) is 4. The molecule has 0 radical (unpaired) electrons. The third kappa shape index (κ3) is 5.08. The van der Waals surface area contributed by atoms with Crippen molar-refractivity contribution in [1.82, 2.24) is 0 Å². The van der Waals surface area contributed by atoms with E-state index in [0.717, 1.165) is 4.90 Å². The molecule has 0 aliphatic rings. The van der Waals surface area contributed by atoms with E-state index in [1.54, 1.807) is 26.8 Å². The molecule has 0 aliphatic heterocycles. The zero-order chi connectivity index (χ0) is 16.2. The molecule has 0 unspecified atom stereocenters. The highest BCUT2D eigenvalue weighted by Gasteiger charge is 2.27. The average Bonchev–Trinajstić information content (AvgIpc) is 2.33. The molecule has 0 bridgehead atoms. The van der Waals surface area contributed by atoms with Crippen LogP contribution in [-0.2, 0) is 9.53 Å². The van der Waals surface area contributed by atoms with E-state index in [4.69, 9.17) is 15.1 Å². The van der Waals surface area contributed by atoms with Gasteiger partial charge in [0.2, 0.25) is 0 Å². The Morgan fingerprint density at radius 2 is 2.05 bits per heavy atom. The van der Waals surface area contributed by atoms with Gasteiger partial charge < -0.3 is 9.84 Å². The maximum atomic E-state index is 12.2. The number of rotatable bonds is 3. The van der Waals surface area contributed by atoms with Gasteiger partial charge >= 0.3 is 12.1 Å². The molecule has 1 N–H and O–H groups in total. The van der Waals surface area contributed by atoms with Gasteiger partial charge in [-0.15, -0.1) is 0 Å². The average molecular weight is 355 g/mol. The Kier molecular flexibility index (Phi) is 5.33. The van der Waals surface area contributed by atoms with E-state index in [1.165, 1.54) is 12.1 Å². The first kappa shape index (κ1) is 17.0. The van der Waals surface area contributed by atoms with Gasteiger partial charge in [0.1, 0.15) is 18.2 Å². The van der Waals surface area contributed by atoms with Crippen LogP contribution in [0.25, 0.3) is 0 Å². The number of carbonyl (C=O) groups excluding carboxylic acids is 1. The van der Waals surface area contributed by atoms with E-state index in [2.05, 4.69) is 15.9 Å². The number of nitrogens with zero attached hydrogens (tertiary/aromatic N) is 2. The van der Waals surface area contributed by atoms with Crippen molar-refractivity contribution in [2.75, 3.05) is 11.4 Å². The number of carboxylic acid groups (broad SMARTS) is 1. The summed E-state index contributed by atoms with van der Waals surface area (Å²) in [4.78, 5) is 24.1. The molecule has 1 aromatic carbocycles. The number of aliphatic carboxylic acids is 1. The first-order valence-corrected chi connectivity index (χ1v) is 6.85. The molecule has 0 spiro atoms. The molecule has 0 aliphatic carbocycles. The number of hydrogen-bond donors (Lipinski definition) is 1. The smallest absolute Gasteiger partial charge is 0.415 e. The minimum absolute atomic E-state index is 0.184. The summed E-state index contributed by atoms with van der Waals surface area (Å²) in [6.07, 6.45) is -0.820. The van der Waals surface area contributed by atoms with E-state index >= 15 is 0 Å². The van der Waals surface area contributed by atoms with E-state index in [-0.39, 0.29) is 11.3 Å². The van der Waals surface area contributed by atoms with Crippen molar-refractivity contribution in [1.29, 1.82) is 5.26 Å². The summed E-state index contributed by atoms with van der Waals surface area (Å²) < 4.78 is 5.81. The van der Waals surface area contributed by atoms with Crippen molar-refractivity contribution in [2.24, 2.45) is 0 Å². The lowest BCUT2D eigenvalue weighted by Crippen LogP contribution is -2.40. The molecular formula is C14H15BrN2O4. The molecule has 0 fully saturated rings. The molecule has 6 nitrogen and oxygen atoms in total. The second kappa shape index (κ2) is 6.59. The van der Waals surface area contributed by atoms with Crippen LogP contribution in [-0.4, -0.2) is 29.3 Å². The summed E-state index contributed by atoms with van der Waals surface area (Å²) in [6.45, 7) is 4.43. The summed E-state index contributed by atoms with van der Waals surface area (Å²) in [5.41, 5.74) is -0.402. The Morgan fingerprint density at radius 1 is 1.43 bits per heavy atom. The topological polar surface area (TPSA) is 90.6 Å². The normalized spacial score (nSPS) is 10.6. The minimum Gasteiger partial charge on any atom is -0.480 e. The molecule has 0 saturated carbocycles. The third-order valence-corrected chi connectivity index (χ3v) is 2.77. The Hall–Kier alpha value is -2.07. The summed E-state index contributed by atoms with van der Waals surface area (Å²) in [5.74, 6) is -1.20. The van der Waals surface area contributed by atoms with Crippen LogP contribution in [0.3, 0.4) is 0 Å². The SMILES string of the molecule is CC(C)(C)OC(=O)N(CC(=O)O)c1cc(Br)ccc1C#N. The maximum absolute atomic E-state index is 12.2. The van der Waals surface area contributed by atoms with E-state index in [0.29, 0.717) is 4.47 Å². The second-order valence-electron chi connectivity index (χ2n) is 5.23. The number of benzene rings is 1. The lowest BCUT2D eigenvalue weighted by molar-refractivity contribution is -0.135. The zero-order valence-electron chi connectivity index (χ0n) is 11.9. The van der Waals surface area contributed by atoms with Gasteiger partial charge in [-0.25, -0.2) is 4.79 Å². The summed E-state index contributed by atoms with van der Waals surface area (Å²) in [6, 6.07) is 6.57. The van der Waals surface area contributed by atoms with Crippen molar-refractivity contribution in [2.45, 2.75) is 26.4 Å². The fourth-order valence-corrected chi connectivity index (χ4v) is 1.87. The van der Waals surface area contributed by atoms with Gasteiger partial charge in [0.15, 0.2) is 0 Å². The molecular weight excluding hydrogens is 340 g/mol. The molecule has 1 aromatic rings. The molecule has 21 heavy (non-hydrogen) atoms. The highest BCUT2D eigenvalue weighted by atomic mass is 79.9. The number of ether oxygens (including phenoxy) is 1. The minimum atomic E-state index is -1.20. The Labute approximate surface area is 131 Å². The number of carboxylic acids is 1. The molecule has 0 aromatic heterocycles. The van der Waals surface area contributed by atoms with Crippen LogP contribution >= 0.6 is 15.9 Å². The van der Waals surface area contributed by atoms with E-state index in [1.807, 2.05) is 6.07 Å². The van der Waals surface area contributed by atoms with Gasteiger partial charge in [-0.2, -0.15) is 5.26 Å². The number of halogens is 1. The highest BCUT2D eigenvalue weighted by Crippen LogP contribution is 2.26. The van der Waals surface area contributed by atoms with Gasteiger partial charge in [0.25, 0.3) is 0 Å². The first-order chi connectivity index (χ1) is 9.64. The second-order valence-corrected chi connectivity index (χ2v) is 6.15. The van der Waals surface area contributed by atoms with Gasteiger partial charge in [0.05, 0.1) is 11.3 Å². The predicted molar refractivity (Wildman–Crippen MR) is 80.1 cm³/mol. The van der Waals surface area contributed by atoms with Crippen LogP contribution in [0, 0.1) is 11.3 Å². The van der Waals surface area contributed by atoms with Gasteiger partial charge in [0, 0.05) is 4.47 Å². The first-order valence-electron chi connectivity index (χ1n) is 6.06. The van der Waals surface area contributed by atoms with Crippen LogP contribution in [0.15, 0.2) is 22.7 Å². The fourth-order valence-electron chi connectivity index (χ4n) is 1.52. The molecule has 1 amide bonds. The summed E-state index contributed by atoms with van der Waals surface area (Å²) in [5, 5.41) is 18.1. The predicted octanol–water partition coefficient (Wildman–Crippen LogP) is 3.15. The summed E-state index contributed by atoms with van der Waals surface area (Å²) >= 11 is 3.23. The standard InChI is InChI=1S/C14H15BrN2O4/c1-14(2,3)21-13(20)17(8-12(18)19)11-6-10(15)5-4-9(11)7-16/h4-6H,8H2,1-3H3,(H,18,19). The van der Waals surface area contributed by atoms with E-state index in [9.17, 15) is 9.59 Å². The van der Waals surface area contributed by atoms with Gasteiger partial charge in [-0.1, -0.05) is 15.9 Å². The van der Waals surface area contributed by atoms with Crippen molar-refractivity contribution in [3.05, 3.63) is 28.2 Å². The lowest BCUT2D eigenvalue weighted by atomic mass is 10.1. The molecule has 1 rings (SSSR count). The third-order valence-electron chi connectivity index (χ3n) is 2.28. The Balaban J connectivity index is 3.26. The Bertz CT molecular complexity index is 602.